The van der Waals surface area contributed by atoms with Crippen molar-refractivity contribution in [3.63, 3.8) is 0 Å². The van der Waals surface area contributed by atoms with Crippen molar-refractivity contribution in [1.82, 2.24) is 18.3 Å². The van der Waals surface area contributed by atoms with Crippen LogP contribution in [-0.2, 0) is 26.2 Å². The Morgan fingerprint density at radius 2 is 0.443 bits per heavy atom. The third kappa shape index (κ3) is 11.7. The molecule has 0 N–H and O–H groups in total. The number of Topliss-reactive ketones (excluding diaryl/α,β-unsaturated/α-hetero) is 8. The lowest BCUT2D eigenvalue weighted by atomic mass is 10.1. The predicted molar refractivity (Wildman–Crippen MR) is 445 cm³/mol. The summed E-state index contributed by atoms with van der Waals surface area (Å²) in [7, 11) is 0. The van der Waals surface area contributed by atoms with E-state index in [2.05, 4.69) is 97.9 Å². The molecule has 0 saturated carbocycles. The fourth-order valence-corrected chi connectivity index (χ4v) is 22.6. The van der Waals surface area contributed by atoms with E-state index < -0.39 is 0 Å². The number of allylic oxidation sites excluding steroid dienone is 4. The first-order valence-electron chi connectivity index (χ1n) is 37.0. The number of benzene rings is 4. The number of carbonyl (C=O) groups is 8. The van der Waals surface area contributed by atoms with Crippen LogP contribution in [0.1, 0.15) is 211 Å². The van der Waals surface area contributed by atoms with E-state index in [9.17, 15) is 38.4 Å². The van der Waals surface area contributed by atoms with Crippen molar-refractivity contribution in [3.8, 4) is 0 Å². The number of hydrogen-bond donors (Lipinski definition) is 0. The minimum atomic E-state index is -0.210. The van der Waals surface area contributed by atoms with Gasteiger partial charge in [-0.05, 0) is 72.2 Å². The molecule has 14 aromatic rings. The lowest BCUT2D eigenvalue weighted by Crippen LogP contribution is -2.09. The Bertz CT molecular complexity index is 5340. The summed E-state index contributed by atoms with van der Waals surface area (Å²) in [4.78, 5) is 110. The molecule has 106 heavy (non-hydrogen) atoms. The zero-order chi connectivity index (χ0) is 74.6. The summed E-state index contributed by atoms with van der Waals surface area (Å²) in [5.41, 5.74) is 14.2. The van der Waals surface area contributed by atoms with Crippen molar-refractivity contribution >= 4 is 220 Å². The lowest BCUT2D eigenvalue weighted by Gasteiger charge is -2.15. The first-order valence-corrected chi connectivity index (χ1v) is 41.9. The largest absolute Gasteiger partial charge is 0.337 e. The van der Waals surface area contributed by atoms with E-state index in [1.54, 1.807) is 189 Å². The minimum absolute atomic E-state index is 0.210. The van der Waals surface area contributed by atoms with Crippen LogP contribution in [0.4, 0.5) is 0 Å². The highest BCUT2D eigenvalue weighted by atomic mass is 32.1. The molecular weight excluding hydrogens is 1430 g/mol. The molecule has 0 radical (unpaired) electrons. The number of ketones is 8. The van der Waals surface area contributed by atoms with E-state index in [1.807, 2.05) is 27.7 Å². The second-order valence-corrected chi connectivity index (χ2v) is 34.3. The Kier molecular flexibility index (Phi) is 19.6. The highest BCUT2D eigenvalue weighted by Crippen LogP contribution is 2.53. The van der Waals surface area contributed by atoms with E-state index in [0.717, 1.165) is 93.4 Å². The topological polar surface area (TPSA) is 156 Å². The molecule has 4 aromatic carbocycles. The molecule has 4 unspecified atom stereocenters. The number of carbonyl (C=O) groups excluding carboxylic acids is 8. The average Bonchev–Trinajstić information content (AvgIpc) is 1.53. The normalized spacial score (nSPS) is 15.2. The molecule has 0 fully saturated rings. The SMILES string of the molecule is CC.CC.CCC(C)Cn1c2cc(C=C3C(=O)c4ccccc4C3=O)sc2c2sc3c4sc(C=C5C(=O)c6ccccc6C5=O)cc4n(CC(C)CC)c3c21.CCC(C)Cn1c2cc(C=C3C(=O)c4ccccc4C3=O)sc2c2sc3c4sc(C=C5C(=O)c6ccccc6C5=O)cc4n(CC(C)CC)c3c21. The maximum absolute atomic E-state index is 13.3. The van der Waals surface area contributed by atoms with Gasteiger partial charge in [0, 0.05) is 90.2 Å². The molecule has 0 spiro atoms. The summed E-state index contributed by atoms with van der Waals surface area (Å²) in [5.74, 6) is 0.0808. The molecule has 0 saturated heterocycles. The molecule has 0 aliphatic heterocycles. The molecule has 12 nitrogen and oxygen atoms in total. The number of aromatic nitrogens is 4. The first kappa shape index (κ1) is 72.2. The zero-order valence-corrected chi connectivity index (χ0v) is 66.2. The Hall–Kier alpha value is -9.40. The van der Waals surface area contributed by atoms with Gasteiger partial charge in [0.1, 0.15) is 0 Å². The van der Waals surface area contributed by atoms with Gasteiger partial charge in [0.15, 0.2) is 46.3 Å². The van der Waals surface area contributed by atoms with Gasteiger partial charge in [-0.25, -0.2) is 0 Å². The monoisotopic (exact) mass is 1510 g/mol. The van der Waals surface area contributed by atoms with Crippen LogP contribution in [0.3, 0.4) is 0 Å². The summed E-state index contributed by atoms with van der Waals surface area (Å²) in [6.07, 6.45) is 11.3. The van der Waals surface area contributed by atoms with Gasteiger partial charge in [0.05, 0.1) is 104 Å². The molecule has 10 heterocycles. The number of rotatable bonds is 16. The standard InChI is InChI=1S/2C42H34N2O4S3.2C2H6/c2*1-5-21(3)19-43-31-17-23(15-29-35(45)25-11-7-8-12-26(25)36(29)46)49-39(31)41-33(43)34-42(51-41)40-32(44(34)20-22(4)6-2)18-24(50-40)16-30-37(47)27-13-9-10-14-28(27)38(30)48;2*1-2/h2*7-18,21-22H,5-6,19-20H2,1-4H3;2*1-2H3. The first-order chi connectivity index (χ1) is 51.4. The third-order valence-electron chi connectivity index (χ3n) is 21.2. The van der Waals surface area contributed by atoms with E-state index in [0.29, 0.717) is 68.2 Å². The second-order valence-electron chi connectivity index (χ2n) is 27.9. The van der Waals surface area contributed by atoms with Crippen LogP contribution in [0, 0.1) is 23.7 Å². The molecule has 18 heteroatoms. The van der Waals surface area contributed by atoms with Gasteiger partial charge in [-0.2, -0.15) is 0 Å². The molecule has 536 valence electrons. The molecule has 0 bridgehead atoms. The summed E-state index contributed by atoms with van der Waals surface area (Å²) < 4.78 is 19.4. The fourth-order valence-electron chi connectivity index (χ4n) is 15.0. The van der Waals surface area contributed by atoms with Crippen LogP contribution in [0.2, 0.25) is 0 Å². The molecule has 0 amide bonds. The van der Waals surface area contributed by atoms with Crippen LogP contribution in [0.15, 0.2) is 144 Å². The van der Waals surface area contributed by atoms with Crippen molar-refractivity contribution in [2.75, 3.05) is 0 Å². The maximum atomic E-state index is 13.3. The van der Waals surface area contributed by atoms with Crippen molar-refractivity contribution < 1.29 is 38.4 Å². The van der Waals surface area contributed by atoms with Crippen LogP contribution in [-0.4, -0.2) is 64.5 Å². The summed E-state index contributed by atoms with van der Waals surface area (Å²) in [5, 5.41) is 0. The van der Waals surface area contributed by atoms with Gasteiger partial charge < -0.3 is 18.3 Å². The van der Waals surface area contributed by atoms with Crippen LogP contribution in [0.25, 0.3) is 106 Å². The smallest absolute Gasteiger partial charge is 0.197 e. The maximum Gasteiger partial charge on any atom is 0.197 e. The molecular formula is C88H80N4O8S6. The molecule has 4 atom stereocenters. The van der Waals surface area contributed by atoms with Crippen LogP contribution in [0.5, 0.6) is 0 Å². The highest BCUT2D eigenvalue weighted by molar-refractivity contribution is 7.35. The lowest BCUT2D eigenvalue weighted by molar-refractivity contribution is 0.0975. The minimum Gasteiger partial charge on any atom is -0.337 e. The number of fused-ring (bicyclic) bond motifs is 18. The Labute approximate surface area is 638 Å². The summed E-state index contributed by atoms with van der Waals surface area (Å²) in [6.45, 7) is 29.4. The molecule has 10 aromatic heterocycles. The van der Waals surface area contributed by atoms with Crippen LogP contribution < -0.4 is 0 Å². The van der Waals surface area contributed by atoms with Gasteiger partial charge in [-0.3, -0.25) is 38.4 Å². The summed E-state index contributed by atoms with van der Waals surface area (Å²) >= 11 is 10.1. The van der Waals surface area contributed by atoms with E-state index in [4.69, 9.17) is 0 Å². The number of hydrogen-bond acceptors (Lipinski definition) is 14. The number of thiophene rings is 6. The van der Waals surface area contributed by atoms with Gasteiger partial charge in [-0.15, -0.1) is 68.0 Å². The van der Waals surface area contributed by atoms with Gasteiger partial charge in [-0.1, -0.05) is 206 Å². The van der Waals surface area contributed by atoms with E-state index in [-0.39, 0.29) is 68.6 Å². The quantitative estimate of drug-likeness (QED) is 0.0684. The number of nitrogens with zero attached hydrogens (tertiary/aromatic N) is 4. The Morgan fingerprint density at radius 3 is 0.604 bits per heavy atom. The molecule has 4 aliphatic carbocycles. The van der Waals surface area contributed by atoms with Gasteiger partial charge >= 0.3 is 0 Å². The summed E-state index contributed by atoms with van der Waals surface area (Å²) in [6, 6.07) is 36.8. The van der Waals surface area contributed by atoms with Gasteiger partial charge in [0.25, 0.3) is 0 Å². The van der Waals surface area contributed by atoms with Crippen molar-refractivity contribution in [1.29, 1.82) is 0 Å². The van der Waals surface area contributed by atoms with Crippen molar-refractivity contribution in [2.24, 2.45) is 23.7 Å². The molecule has 18 rings (SSSR count). The third-order valence-corrected chi connectivity index (χ3v) is 28.5. The Balaban J connectivity index is 0.000000162. The fraction of sp³-hybridized carbons (Fsp3) is 0.273. The van der Waals surface area contributed by atoms with E-state index in [1.165, 1.54) is 59.7 Å². The van der Waals surface area contributed by atoms with Crippen molar-refractivity contribution in [2.45, 2.75) is 135 Å². The molecule has 4 aliphatic rings. The average molecular weight is 1510 g/mol. The second kappa shape index (κ2) is 28.7. The predicted octanol–water partition coefficient (Wildman–Crippen LogP) is 24.3. The van der Waals surface area contributed by atoms with Crippen LogP contribution >= 0.6 is 68.0 Å². The van der Waals surface area contributed by atoms with Gasteiger partial charge in [0.2, 0.25) is 0 Å². The highest BCUT2D eigenvalue weighted by Gasteiger charge is 2.38. The Morgan fingerprint density at radius 1 is 0.274 bits per heavy atom. The zero-order valence-electron chi connectivity index (χ0n) is 61.3. The van der Waals surface area contributed by atoms with E-state index >= 15 is 0 Å². The van der Waals surface area contributed by atoms with Crippen molar-refractivity contribution in [3.05, 3.63) is 208 Å².